The summed E-state index contributed by atoms with van der Waals surface area (Å²) in [5.74, 6) is -0.0246. The first kappa shape index (κ1) is 16.4. The maximum Gasteiger partial charge on any atom is 0.323 e. The molecule has 0 radical (unpaired) electrons. The van der Waals surface area contributed by atoms with Gasteiger partial charge in [-0.25, -0.2) is 0 Å². The van der Waals surface area contributed by atoms with Gasteiger partial charge in [0.15, 0.2) is 0 Å². The zero-order valence-electron chi connectivity index (χ0n) is 13.1. The fraction of sp³-hybridized carbons (Fsp3) is 0.933. The maximum absolute atomic E-state index is 11.6. The average molecular weight is 270 g/mol. The summed E-state index contributed by atoms with van der Waals surface area (Å²) < 4.78 is 0. The van der Waals surface area contributed by atoms with Crippen LogP contribution in [0.3, 0.4) is 0 Å². The fourth-order valence-corrected chi connectivity index (χ4v) is 3.19. The van der Waals surface area contributed by atoms with Gasteiger partial charge in [-0.15, -0.1) is 0 Å². The van der Waals surface area contributed by atoms with Crippen LogP contribution in [0.4, 0.5) is 0 Å². The summed E-state index contributed by atoms with van der Waals surface area (Å²) in [7, 11) is 0. The fourth-order valence-electron chi connectivity index (χ4n) is 3.19. The van der Waals surface area contributed by atoms with E-state index in [1.807, 2.05) is 13.8 Å². The van der Waals surface area contributed by atoms with Crippen LogP contribution in [0, 0.1) is 5.92 Å². The number of hydrogen-bond donors (Lipinski definition) is 2. The van der Waals surface area contributed by atoms with E-state index in [2.05, 4.69) is 24.1 Å². The molecular formula is C15H30N2O2. The first-order valence-electron chi connectivity index (χ1n) is 7.49. The van der Waals surface area contributed by atoms with Gasteiger partial charge in [-0.2, -0.15) is 0 Å². The van der Waals surface area contributed by atoms with Gasteiger partial charge in [-0.1, -0.05) is 6.92 Å². The summed E-state index contributed by atoms with van der Waals surface area (Å²) in [6, 6.07) is 0.476. The second kappa shape index (κ2) is 6.71. The zero-order chi connectivity index (χ0) is 14.6. The van der Waals surface area contributed by atoms with Gasteiger partial charge in [-0.3, -0.25) is 10.1 Å². The molecular weight excluding hydrogens is 240 g/mol. The molecule has 2 N–H and O–H groups in total. The van der Waals surface area contributed by atoms with Gasteiger partial charge >= 0.3 is 5.97 Å². The third-order valence-corrected chi connectivity index (χ3v) is 4.09. The quantitative estimate of drug-likeness (QED) is 0.778. The van der Waals surface area contributed by atoms with E-state index in [1.165, 1.54) is 12.8 Å². The van der Waals surface area contributed by atoms with Crippen LogP contribution >= 0.6 is 0 Å². The Morgan fingerprint density at radius 2 is 2.11 bits per heavy atom. The topological polar surface area (TPSA) is 52.6 Å². The van der Waals surface area contributed by atoms with Crippen molar-refractivity contribution in [1.29, 1.82) is 0 Å². The molecule has 1 saturated heterocycles. The lowest BCUT2D eigenvalue weighted by molar-refractivity contribution is -0.145. The van der Waals surface area contributed by atoms with Gasteiger partial charge in [0.05, 0.1) is 0 Å². The minimum Gasteiger partial charge on any atom is -0.480 e. The van der Waals surface area contributed by atoms with Crippen molar-refractivity contribution < 1.29 is 9.90 Å². The Bertz CT molecular complexity index is 307. The highest BCUT2D eigenvalue weighted by Crippen LogP contribution is 2.23. The maximum atomic E-state index is 11.6. The minimum absolute atomic E-state index is 0.175. The minimum atomic E-state index is -0.839. The van der Waals surface area contributed by atoms with Crippen molar-refractivity contribution in [1.82, 2.24) is 10.2 Å². The summed E-state index contributed by atoms with van der Waals surface area (Å²) in [6.07, 6.45) is 3.17. The molecule has 19 heavy (non-hydrogen) atoms. The molecule has 0 amide bonds. The molecule has 0 aromatic heterocycles. The molecule has 0 aromatic rings. The highest BCUT2D eigenvalue weighted by atomic mass is 16.4. The highest BCUT2D eigenvalue weighted by Gasteiger charge is 2.36. The number of rotatable bonds is 6. The number of likely N-dealkylation sites (tertiary alicyclic amines) is 1. The summed E-state index contributed by atoms with van der Waals surface area (Å²) in [5, 5.41) is 12.7. The molecule has 1 rings (SSSR count). The van der Waals surface area contributed by atoms with Gasteiger partial charge in [-0.05, 0) is 59.4 Å². The number of carboxylic acids is 1. The molecule has 0 saturated carbocycles. The lowest BCUT2D eigenvalue weighted by atomic mass is 9.90. The van der Waals surface area contributed by atoms with Crippen molar-refractivity contribution in [2.45, 2.75) is 71.5 Å². The lowest BCUT2D eigenvalue weighted by Crippen LogP contribution is -2.56. The number of carbonyl (C=O) groups is 1. The molecule has 1 fully saturated rings. The SMILES string of the molecule is CC1CCCN(C(C)CC(C)(NC(C)C)C(=O)O)C1. The van der Waals surface area contributed by atoms with Gasteiger partial charge < -0.3 is 10.0 Å². The van der Waals surface area contributed by atoms with Crippen molar-refractivity contribution in [3.05, 3.63) is 0 Å². The van der Waals surface area contributed by atoms with Crippen molar-refractivity contribution in [2.75, 3.05) is 13.1 Å². The molecule has 4 nitrogen and oxygen atoms in total. The molecule has 1 aliphatic rings. The van der Waals surface area contributed by atoms with Crippen LogP contribution in [0.25, 0.3) is 0 Å². The summed E-state index contributed by atoms with van der Waals surface area (Å²) in [4.78, 5) is 14.0. The third kappa shape index (κ3) is 4.77. The molecule has 0 spiro atoms. The van der Waals surface area contributed by atoms with Gasteiger partial charge in [0, 0.05) is 18.6 Å². The van der Waals surface area contributed by atoms with Crippen molar-refractivity contribution in [3.8, 4) is 0 Å². The molecule has 0 bridgehead atoms. The van der Waals surface area contributed by atoms with Crippen LogP contribution < -0.4 is 5.32 Å². The Kier molecular flexibility index (Phi) is 5.81. The zero-order valence-corrected chi connectivity index (χ0v) is 13.1. The van der Waals surface area contributed by atoms with E-state index in [-0.39, 0.29) is 6.04 Å². The molecule has 1 aliphatic heterocycles. The van der Waals surface area contributed by atoms with Gasteiger partial charge in [0.2, 0.25) is 0 Å². The van der Waals surface area contributed by atoms with Crippen LogP contribution in [0.15, 0.2) is 0 Å². The highest BCUT2D eigenvalue weighted by molar-refractivity contribution is 5.78. The predicted octanol–water partition coefficient (Wildman–Crippen LogP) is 2.34. The molecule has 0 aromatic carbocycles. The predicted molar refractivity (Wildman–Crippen MR) is 78.4 cm³/mol. The van der Waals surface area contributed by atoms with E-state index in [0.717, 1.165) is 19.0 Å². The van der Waals surface area contributed by atoms with Crippen LogP contribution in [0.1, 0.15) is 53.9 Å². The van der Waals surface area contributed by atoms with Crippen LogP contribution in [0.5, 0.6) is 0 Å². The Hall–Kier alpha value is -0.610. The van der Waals surface area contributed by atoms with E-state index < -0.39 is 11.5 Å². The Morgan fingerprint density at radius 3 is 2.58 bits per heavy atom. The first-order chi connectivity index (χ1) is 8.74. The number of piperidine rings is 1. The van der Waals surface area contributed by atoms with E-state index in [4.69, 9.17) is 0 Å². The molecule has 3 unspecified atom stereocenters. The Balaban J connectivity index is 2.65. The third-order valence-electron chi connectivity index (χ3n) is 4.09. The summed E-state index contributed by atoms with van der Waals surface area (Å²) in [5.41, 5.74) is -0.839. The monoisotopic (exact) mass is 270 g/mol. The smallest absolute Gasteiger partial charge is 0.323 e. The largest absolute Gasteiger partial charge is 0.480 e. The number of carboxylic acid groups (broad SMARTS) is 1. The number of nitrogens with one attached hydrogen (secondary N) is 1. The van der Waals surface area contributed by atoms with Crippen molar-refractivity contribution >= 4 is 5.97 Å². The Labute approximate surface area is 117 Å². The molecule has 112 valence electrons. The van der Waals surface area contributed by atoms with E-state index >= 15 is 0 Å². The molecule has 4 heteroatoms. The Morgan fingerprint density at radius 1 is 1.47 bits per heavy atom. The number of nitrogens with zero attached hydrogens (tertiary/aromatic N) is 1. The van der Waals surface area contributed by atoms with E-state index in [1.54, 1.807) is 6.92 Å². The van der Waals surface area contributed by atoms with Crippen molar-refractivity contribution in [2.24, 2.45) is 5.92 Å². The van der Waals surface area contributed by atoms with Gasteiger partial charge in [0.25, 0.3) is 0 Å². The van der Waals surface area contributed by atoms with E-state index in [0.29, 0.717) is 12.5 Å². The van der Waals surface area contributed by atoms with Gasteiger partial charge in [0.1, 0.15) is 5.54 Å². The summed E-state index contributed by atoms with van der Waals surface area (Å²) in [6.45, 7) is 12.4. The van der Waals surface area contributed by atoms with Crippen LogP contribution in [-0.4, -0.2) is 46.7 Å². The number of hydrogen-bond acceptors (Lipinski definition) is 3. The van der Waals surface area contributed by atoms with Crippen molar-refractivity contribution in [3.63, 3.8) is 0 Å². The second-order valence-electron chi connectivity index (χ2n) is 6.73. The lowest BCUT2D eigenvalue weighted by Gasteiger charge is -2.39. The van der Waals surface area contributed by atoms with Crippen LogP contribution in [0.2, 0.25) is 0 Å². The molecule has 1 heterocycles. The van der Waals surface area contributed by atoms with Crippen LogP contribution in [-0.2, 0) is 4.79 Å². The van der Waals surface area contributed by atoms with E-state index in [9.17, 15) is 9.90 Å². The normalized spacial score (nSPS) is 26.1. The average Bonchev–Trinajstić information content (AvgIpc) is 2.27. The molecule has 3 atom stereocenters. The second-order valence-corrected chi connectivity index (χ2v) is 6.73. The standard InChI is InChI=1S/C15H30N2O2/c1-11(2)16-15(5,14(18)19)9-13(4)17-8-6-7-12(3)10-17/h11-13,16H,6-10H2,1-5H3,(H,18,19). The molecule has 0 aliphatic carbocycles. The number of aliphatic carboxylic acids is 1. The summed E-state index contributed by atoms with van der Waals surface area (Å²) >= 11 is 0. The first-order valence-corrected chi connectivity index (χ1v) is 7.49.